The quantitative estimate of drug-likeness (QED) is 0.657. The summed E-state index contributed by atoms with van der Waals surface area (Å²) in [5.74, 6) is 0.359. The molecule has 2 heterocycles. The van der Waals surface area contributed by atoms with Gasteiger partial charge in [0.1, 0.15) is 5.58 Å². The summed E-state index contributed by atoms with van der Waals surface area (Å²) in [6.07, 6.45) is 3.24. The highest BCUT2D eigenvalue weighted by Gasteiger charge is 2.06. The van der Waals surface area contributed by atoms with Crippen LogP contribution in [-0.4, -0.2) is 11.3 Å². The van der Waals surface area contributed by atoms with E-state index in [-0.39, 0.29) is 0 Å². The van der Waals surface area contributed by atoms with Crippen LogP contribution >= 0.6 is 0 Å². The molecule has 0 aliphatic rings. The first-order valence-corrected chi connectivity index (χ1v) is 4.17. The van der Waals surface area contributed by atoms with Crippen LogP contribution in [0.15, 0.2) is 22.7 Å². The van der Waals surface area contributed by atoms with Crippen molar-refractivity contribution in [2.45, 2.75) is 13.3 Å². The molecule has 0 N–H and O–H groups in total. The summed E-state index contributed by atoms with van der Waals surface area (Å²) >= 11 is 0. The third-order valence-electron chi connectivity index (χ3n) is 2.00. The van der Waals surface area contributed by atoms with Gasteiger partial charge < -0.3 is 4.42 Å². The molecule has 0 bridgehead atoms. The van der Waals surface area contributed by atoms with Crippen molar-refractivity contribution in [3.63, 3.8) is 0 Å². The minimum atomic E-state index is 0.359. The van der Waals surface area contributed by atoms with E-state index in [1.165, 1.54) is 0 Å². The lowest BCUT2D eigenvalue weighted by Crippen LogP contribution is -1.84. The van der Waals surface area contributed by atoms with E-state index >= 15 is 0 Å². The van der Waals surface area contributed by atoms with E-state index < -0.39 is 0 Å². The maximum atomic E-state index is 10.5. The van der Waals surface area contributed by atoms with Crippen LogP contribution in [0.3, 0.4) is 0 Å². The SMILES string of the molecule is CCc1nccc2oc(C=O)cc12. The second kappa shape index (κ2) is 3.01. The van der Waals surface area contributed by atoms with Crippen LogP contribution in [0.25, 0.3) is 11.0 Å². The highest BCUT2D eigenvalue weighted by Crippen LogP contribution is 2.20. The molecule has 0 unspecified atom stereocenters. The molecule has 13 heavy (non-hydrogen) atoms. The fourth-order valence-corrected chi connectivity index (χ4v) is 1.38. The zero-order chi connectivity index (χ0) is 9.26. The van der Waals surface area contributed by atoms with E-state index in [0.29, 0.717) is 12.0 Å². The Balaban J connectivity index is 2.74. The van der Waals surface area contributed by atoms with Crippen molar-refractivity contribution in [3.05, 3.63) is 29.8 Å². The molecule has 3 nitrogen and oxygen atoms in total. The van der Waals surface area contributed by atoms with E-state index in [4.69, 9.17) is 4.42 Å². The molecule has 0 amide bonds. The number of fused-ring (bicyclic) bond motifs is 1. The first-order chi connectivity index (χ1) is 6.35. The van der Waals surface area contributed by atoms with Gasteiger partial charge in [0.2, 0.25) is 0 Å². The topological polar surface area (TPSA) is 43.1 Å². The molecule has 0 saturated carbocycles. The summed E-state index contributed by atoms with van der Waals surface area (Å²) in [6, 6.07) is 3.50. The summed E-state index contributed by atoms with van der Waals surface area (Å²) < 4.78 is 5.25. The standard InChI is InChI=1S/C10H9NO2/c1-2-9-8-5-7(6-12)13-10(8)3-4-11-9/h3-6H,2H2,1H3. The number of hydrogen-bond acceptors (Lipinski definition) is 3. The molecular weight excluding hydrogens is 166 g/mol. The summed E-state index contributed by atoms with van der Waals surface area (Å²) in [6.45, 7) is 2.02. The average Bonchev–Trinajstić information content (AvgIpc) is 2.59. The minimum Gasteiger partial charge on any atom is -0.453 e. The van der Waals surface area contributed by atoms with Crippen molar-refractivity contribution >= 4 is 17.3 Å². The Hall–Kier alpha value is -1.64. The second-order valence-electron chi connectivity index (χ2n) is 2.79. The van der Waals surface area contributed by atoms with Crippen molar-refractivity contribution in [2.24, 2.45) is 0 Å². The highest BCUT2D eigenvalue weighted by atomic mass is 16.3. The molecule has 0 fully saturated rings. The summed E-state index contributed by atoms with van der Waals surface area (Å²) in [7, 11) is 0. The van der Waals surface area contributed by atoms with Gasteiger partial charge >= 0.3 is 0 Å². The Labute approximate surface area is 75.4 Å². The zero-order valence-electron chi connectivity index (χ0n) is 7.28. The average molecular weight is 175 g/mol. The number of aldehydes is 1. The molecule has 2 aromatic heterocycles. The van der Waals surface area contributed by atoms with E-state index in [0.717, 1.165) is 23.1 Å². The number of nitrogens with zero attached hydrogens (tertiary/aromatic N) is 1. The number of aromatic nitrogens is 1. The maximum absolute atomic E-state index is 10.5. The normalized spacial score (nSPS) is 10.5. The Kier molecular flexibility index (Phi) is 1.85. The van der Waals surface area contributed by atoms with Gasteiger partial charge in [0.05, 0.1) is 5.69 Å². The molecule has 0 radical (unpaired) electrons. The van der Waals surface area contributed by atoms with Crippen LogP contribution in [0.4, 0.5) is 0 Å². The Bertz CT molecular complexity index is 445. The van der Waals surface area contributed by atoms with Gasteiger partial charge in [-0.05, 0) is 18.6 Å². The first kappa shape index (κ1) is 7.98. The Morgan fingerprint density at radius 2 is 2.46 bits per heavy atom. The number of carbonyl (C=O) groups is 1. The smallest absolute Gasteiger partial charge is 0.185 e. The van der Waals surface area contributed by atoms with Crippen molar-refractivity contribution in [1.29, 1.82) is 0 Å². The lowest BCUT2D eigenvalue weighted by Gasteiger charge is -1.94. The molecule has 0 aliphatic heterocycles. The van der Waals surface area contributed by atoms with Crippen LogP contribution in [-0.2, 0) is 6.42 Å². The molecular formula is C10H9NO2. The lowest BCUT2D eigenvalue weighted by molar-refractivity contribution is 0.110. The fourth-order valence-electron chi connectivity index (χ4n) is 1.38. The van der Waals surface area contributed by atoms with Crippen molar-refractivity contribution in [1.82, 2.24) is 4.98 Å². The number of rotatable bonds is 2. The third kappa shape index (κ3) is 1.22. The van der Waals surface area contributed by atoms with Gasteiger partial charge in [0.25, 0.3) is 0 Å². The predicted molar refractivity (Wildman–Crippen MR) is 48.8 cm³/mol. The molecule has 2 aromatic rings. The van der Waals surface area contributed by atoms with Crippen LogP contribution in [0.5, 0.6) is 0 Å². The second-order valence-corrected chi connectivity index (χ2v) is 2.79. The molecule has 0 saturated heterocycles. The summed E-state index contributed by atoms with van der Waals surface area (Å²) in [5, 5.41) is 0.937. The number of hydrogen-bond donors (Lipinski definition) is 0. The van der Waals surface area contributed by atoms with Crippen LogP contribution in [0, 0.1) is 0 Å². The van der Waals surface area contributed by atoms with E-state index in [2.05, 4.69) is 4.98 Å². The van der Waals surface area contributed by atoms with Crippen LogP contribution < -0.4 is 0 Å². The fraction of sp³-hybridized carbons (Fsp3) is 0.200. The van der Waals surface area contributed by atoms with Crippen molar-refractivity contribution in [3.8, 4) is 0 Å². The van der Waals surface area contributed by atoms with Gasteiger partial charge in [0, 0.05) is 11.6 Å². The van der Waals surface area contributed by atoms with Gasteiger partial charge in [-0.1, -0.05) is 6.92 Å². The number of carbonyl (C=O) groups excluding carboxylic acids is 1. The molecule has 0 aromatic carbocycles. The summed E-state index contributed by atoms with van der Waals surface area (Å²) in [4.78, 5) is 14.7. The number of aryl methyl sites for hydroxylation is 1. The van der Waals surface area contributed by atoms with Gasteiger partial charge in [0.15, 0.2) is 12.0 Å². The molecule has 0 spiro atoms. The predicted octanol–water partition coefficient (Wildman–Crippen LogP) is 2.20. The highest BCUT2D eigenvalue weighted by molar-refractivity contribution is 5.86. The number of furan rings is 1. The van der Waals surface area contributed by atoms with Gasteiger partial charge in [-0.25, -0.2) is 0 Å². The molecule has 2 rings (SSSR count). The minimum absolute atomic E-state index is 0.359. The summed E-state index contributed by atoms with van der Waals surface area (Å²) in [5.41, 5.74) is 1.70. The monoisotopic (exact) mass is 175 g/mol. The van der Waals surface area contributed by atoms with Gasteiger partial charge in [-0.15, -0.1) is 0 Å². The van der Waals surface area contributed by atoms with Crippen LogP contribution in [0.1, 0.15) is 23.2 Å². The van der Waals surface area contributed by atoms with E-state index in [1.807, 2.05) is 6.92 Å². The number of pyridine rings is 1. The van der Waals surface area contributed by atoms with E-state index in [9.17, 15) is 4.79 Å². The lowest BCUT2D eigenvalue weighted by atomic mass is 10.2. The zero-order valence-corrected chi connectivity index (χ0v) is 7.28. The molecule has 66 valence electrons. The maximum Gasteiger partial charge on any atom is 0.185 e. The Morgan fingerprint density at radius 3 is 3.15 bits per heavy atom. The third-order valence-corrected chi connectivity index (χ3v) is 2.00. The van der Waals surface area contributed by atoms with Gasteiger partial charge in [-0.2, -0.15) is 0 Å². The Morgan fingerprint density at radius 1 is 1.62 bits per heavy atom. The largest absolute Gasteiger partial charge is 0.453 e. The van der Waals surface area contributed by atoms with Crippen molar-refractivity contribution < 1.29 is 9.21 Å². The molecule has 0 atom stereocenters. The molecule has 0 aliphatic carbocycles. The first-order valence-electron chi connectivity index (χ1n) is 4.17. The molecule has 3 heteroatoms. The van der Waals surface area contributed by atoms with E-state index in [1.54, 1.807) is 18.3 Å². The van der Waals surface area contributed by atoms with Gasteiger partial charge in [-0.3, -0.25) is 9.78 Å². The van der Waals surface area contributed by atoms with Crippen molar-refractivity contribution in [2.75, 3.05) is 0 Å². The van der Waals surface area contributed by atoms with Crippen LogP contribution in [0.2, 0.25) is 0 Å².